The molecule has 5 rings (SSSR count). The molecule has 3 aliphatic rings. The van der Waals surface area contributed by atoms with E-state index in [1.807, 2.05) is 31.2 Å². The van der Waals surface area contributed by atoms with Crippen LogP contribution in [-0.4, -0.2) is 36.5 Å². The van der Waals surface area contributed by atoms with Crippen LogP contribution in [0.4, 0.5) is 0 Å². The van der Waals surface area contributed by atoms with Crippen molar-refractivity contribution in [2.75, 3.05) is 19.6 Å². The zero-order valence-corrected chi connectivity index (χ0v) is 12.3. The van der Waals surface area contributed by atoms with Crippen molar-refractivity contribution in [2.45, 2.75) is 25.8 Å². The molecule has 0 radical (unpaired) electrons. The van der Waals surface area contributed by atoms with Crippen LogP contribution in [0.5, 0.6) is 0 Å². The number of amides is 1. The summed E-state index contributed by atoms with van der Waals surface area (Å²) >= 11 is 0. The number of furan rings is 1. The lowest BCUT2D eigenvalue weighted by molar-refractivity contribution is 0.0620. The maximum Gasteiger partial charge on any atom is 0.251 e. The van der Waals surface area contributed by atoms with Gasteiger partial charge in [0.15, 0.2) is 0 Å². The Morgan fingerprint density at radius 3 is 2.81 bits per heavy atom. The van der Waals surface area contributed by atoms with Gasteiger partial charge in [-0.25, -0.2) is 0 Å². The Labute approximate surface area is 124 Å². The van der Waals surface area contributed by atoms with Crippen LogP contribution in [0.25, 0.3) is 11.0 Å². The van der Waals surface area contributed by atoms with Crippen molar-refractivity contribution in [3.8, 4) is 0 Å². The van der Waals surface area contributed by atoms with Crippen LogP contribution >= 0.6 is 0 Å². The van der Waals surface area contributed by atoms with Gasteiger partial charge in [-0.2, -0.15) is 0 Å². The third kappa shape index (κ3) is 2.33. The van der Waals surface area contributed by atoms with Crippen molar-refractivity contribution >= 4 is 16.9 Å². The van der Waals surface area contributed by atoms with Crippen LogP contribution in [-0.2, 0) is 0 Å². The van der Waals surface area contributed by atoms with E-state index in [1.165, 1.54) is 25.9 Å². The molecular weight excluding hydrogens is 263 g/mol. The molecule has 4 heteroatoms. The summed E-state index contributed by atoms with van der Waals surface area (Å²) in [6.07, 6.45) is 2.43. The van der Waals surface area contributed by atoms with Gasteiger partial charge in [-0.1, -0.05) is 0 Å². The van der Waals surface area contributed by atoms with E-state index in [4.69, 9.17) is 4.42 Å². The second-order valence-corrected chi connectivity index (χ2v) is 6.33. The lowest BCUT2D eigenvalue weighted by Crippen LogP contribution is -2.57. The average Bonchev–Trinajstić information content (AvgIpc) is 2.87. The molecule has 110 valence electrons. The second kappa shape index (κ2) is 4.88. The Morgan fingerprint density at radius 2 is 2.10 bits per heavy atom. The Kier molecular flexibility index (Phi) is 3.00. The van der Waals surface area contributed by atoms with Gasteiger partial charge >= 0.3 is 0 Å². The van der Waals surface area contributed by atoms with E-state index < -0.39 is 0 Å². The lowest BCUT2D eigenvalue weighted by atomic mass is 9.79. The molecular formula is C17H20N2O2. The van der Waals surface area contributed by atoms with Crippen molar-refractivity contribution < 1.29 is 9.21 Å². The highest BCUT2D eigenvalue weighted by Gasteiger charge is 2.34. The molecule has 3 aliphatic heterocycles. The van der Waals surface area contributed by atoms with Gasteiger partial charge in [0.2, 0.25) is 0 Å². The largest absolute Gasteiger partial charge is 0.461 e. The highest BCUT2D eigenvalue weighted by molar-refractivity contribution is 5.98. The zero-order valence-electron chi connectivity index (χ0n) is 12.3. The van der Waals surface area contributed by atoms with Gasteiger partial charge in [-0.15, -0.1) is 0 Å². The first kappa shape index (κ1) is 12.9. The number of hydrogen-bond acceptors (Lipinski definition) is 3. The first-order chi connectivity index (χ1) is 10.2. The number of rotatable bonds is 2. The Morgan fingerprint density at radius 1 is 1.29 bits per heavy atom. The van der Waals surface area contributed by atoms with Gasteiger partial charge in [0.05, 0.1) is 0 Å². The minimum atomic E-state index is 0.0366. The molecule has 2 bridgehead atoms. The number of hydrogen-bond donors (Lipinski definition) is 1. The molecule has 21 heavy (non-hydrogen) atoms. The van der Waals surface area contributed by atoms with Crippen LogP contribution < -0.4 is 5.32 Å². The predicted molar refractivity (Wildman–Crippen MR) is 81.4 cm³/mol. The molecule has 3 saturated heterocycles. The molecule has 2 aromatic rings. The summed E-state index contributed by atoms with van der Waals surface area (Å²) in [6.45, 7) is 5.31. The molecule has 1 aromatic heterocycles. The molecule has 4 heterocycles. The first-order valence-electron chi connectivity index (χ1n) is 7.72. The van der Waals surface area contributed by atoms with Crippen molar-refractivity contribution in [1.82, 2.24) is 10.2 Å². The summed E-state index contributed by atoms with van der Waals surface area (Å²) in [7, 11) is 0. The van der Waals surface area contributed by atoms with Crippen LogP contribution in [0.2, 0.25) is 0 Å². The molecule has 3 fully saturated rings. The third-order valence-corrected chi connectivity index (χ3v) is 4.87. The Balaban J connectivity index is 1.53. The van der Waals surface area contributed by atoms with Gasteiger partial charge < -0.3 is 14.6 Å². The van der Waals surface area contributed by atoms with Gasteiger partial charge in [0.25, 0.3) is 5.91 Å². The molecule has 1 atom stereocenters. The van der Waals surface area contributed by atoms with Gasteiger partial charge in [-0.3, -0.25) is 4.79 Å². The summed E-state index contributed by atoms with van der Waals surface area (Å²) in [4.78, 5) is 14.9. The highest BCUT2D eigenvalue weighted by Crippen LogP contribution is 2.28. The Hall–Kier alpha value is -1.81. The maximum absolute atomic E-state index is 12.5. The monoisotopic (exact) mass is 283 g/mol. The van der Waals surface area contributed by atoms with Crippen LogP contribution in [0.3, 0.4) is 0 Å². The van der Waals surface area contributed by atoms with Crippen molar-refractivity contribution in [1.29, 1.82) is 0 Å². The number of fused-ring (bicyclic) bond motifs is 4. The van der Waals surface area contributed by atoms with Crippen molar-refractivity contribution in [2.24, 2.45) is 5.92 Å². The zero-order chi connectivity index (χ0) is 14.4. The average molecular weight is 283 g/mol. The van der Waals surface area contributed by atoms with Gasteiger partial charge in [0.1, 0.15) is 11.3 Å². The summed E-state index contributed by atoms with van der Waals surface area (Å²) < 4.78 is 5.55. The smallest absolute Gasteiger partial charge is 0.251 e. The van der Waals surface area contributed by atoms with Crippen molar-refractivity contribution in [3.05, 3.63) is 35.6 Å². The maximum atomic E-state index is 12.5. The molecule has 1 amide bonds. The molecule has 1 aromatic carbocycles. The second-order valence-electron chi connectivity index (χ2n) is 6.33. The standard InChI is InChI=1S/C17H20N2O2/c1-11-8-14-9-13(2-3-16(14)21-11)17(20)18-15-10-19-6-4-12(15)5-7-19/h2-3,8-9,12,15H,4-7,10H2,1H3,(H,18,20)/t15-/m0/s1/i17-1. The first-order valence-corrected chi connectivity index (χ1v) is 7.72. The molecule has 4 nitrogen and oxygen atoms in total. The summed E-state index contributed by atoms with van der Waals surface area (Å²) in [5.41, 5.74) is 1.56. The van der Waals surface area contributed by atoms with E-state index in [2.05, 4.69) is 10.2 Å². The number of carbonyl (C=O) groups excluding carboxylic acids is 1. The summed E-state index contributed by atoms with van der Waals surface area (Å²) in [6, 6.07) is 7.93. The van der Waals surface area contributed by atoms with Crippen LogP contribution in [0.15, 0.2) is 28.7 Å². The van der Waals surface area contributed by atoms with Crippen LogP contribution in [0.1, 0.15) is 29.0 Å². The fraction of sp³-hybridized carbons (Fsp3) is 0.471. The van der Waals surface area contributed by atoms with E-state index in [9.17, 15) is 4.79 Å². The van der Waals surface area contributed by atoms with Gasteiger partial charge in [0, 0.05) is 23.5 Å². The number of benzene rings is 1. The van der Waals surface area contributed by atoms with E-state index in [1.54, 1.807) is 0 Å². The third-order valence-electron chi connectivity index (χ3n) is 4.87. The fourth-order valence-corrected chi connectivity index (χ4v) is 3.70. The Bertz CT molecular complexity index is 683. The SMILES string of the molecule is Cc1cc2cc([11C](=O)N[C@H]3CN4CCC3CC4)ccc2o1. The van der Waals surface area contributed by atoms with E-state index >= 15 is 0 Å². The minimum absolute atomic E-state index is 0.0366. The van der Waals surface area contributed by atoms with E-state index in [0.29, 0.717) is 12.0 Å². The van der Waals surface area contributed by atoms with Crippen LogP contribution in [0, 0.1) is 12.8 Å². The quantitative estimate of drug-likeness (QED) is 0.921. The summed E-state index contributed by atoms with van der Waals surface area (Å²) in [5.74, 6) is 1.56. The minimum Gasteiger partial charge on any atom is -0.461 e. The normalized spacial score (nSPS) is 28.0. The fourth-order valence-electron chi connectivity index (χ4n) is 3.70. The summed E-state index contributed by atoms with van der Waals surface area (Å²) in [5, 5.41) is 4.22. The number of aryl methyl sites for hydroxylation is 1. The molecule has 1 N–H and O–H groups in total. The van der Waals surface area contributed by atoms with Gasteiger partial charge in [-0.05, 0) is 63.0 Å². The van der Waals surface area contributed by atoms with E-state index in [0.717, 1.165) is 28.8 Å². The molecule has 0 spiro atoms. The number of nitrogens with zero attached hydrogens (tertiary/aromatic N) is 1. The van der Waals surface area contributed by atoms with E-state index in [-0.39, 0.29) is 5.91 Å². The number of nitrogens with one attached hydrogen (secondary N) is 1. The molecule has 0 saturated carbocycles. The molecule has 0 aliphatic carbocycles. The number of piperidine rings is 3. The number of carbonyl (C=O) groups is 1. The topological polar surface area (TPSA) is 45.5 Å². The highest BCUT2D eigenvalue weighted by atomic mass is 16.3. The van der Waals surface area contributed by atoms with Crippen molar-refractivity contribution in [3.63, 3.8) is 0 Å². The lowest BCUT2D eigenvalue weighted by Gasteiger charge is -2.44. The molecule has 0 unspecified atom stereocenters. The predicted octanol–water partition coefficient (Wildman–Crippen LogP) is 2.57.